The van der Waals surface area contributed by atoms with Crippen molar-refractivity contribution in [1.82, 2.24) is 9.97 Å². The quantitative estimate of drug-likeness (QED) is 0.770. The van der Waals surface area contributed by atoms with Crippen molar-refractivity contribution in [3.8, 4) is 10.6 Å². The van der Waals surface area contributed by atoms with Gasteiger partial charge >= 0.3 is 0 Å². The first kappa shape index (κ1) is 13.7. The van der Waals surface area contributed by atoms with E-state index in [9.17, 15) is 4.39 Å². The predicted molar refractivity (Wildman–Crippen MR) is 83.8 cm³/mol. The van der Waals surface area contributed by atoms with Crippen molar-refractivity contribution in [3.63, 3.8) is 0 Å². The normalized spacial score (nSPS) is 12.1. The van der Waals surface area contributed by atoms with Crippen molar-refractivity contribution in [2.75, 3.05) is 5.32 Å². The molecule has 0 spiro atoms. The molecular formula is C16H14FN3S. The van der Waals surface area contributed by atoms with Crippen LogP contribution in [0.1, 0.15) is 18.7 Å². The average molecular weight is 299 g/mol. The number of rotatable bonds is 4. The van der Waals surface area contributed by atoms with Crippen LogP contribution in [0.4, 0.5) is 10.1 Å². The van der Waals surface area contributed by atoms with Crippen LogP contribution in [0, 0.1) is 5.82 Å². The third-order valence-electron chi connectivity index (χ3n) is 3.14. The molecule has 0 saturated heterocycles. The van der Waals surface area contributed by atoms with Crippen LogP contribution in [0.15, 0.2) is 54.2 Å². The van der Waals surface area contributed by atoms with Gasteiger partial charge in [0.2, 0.25) is 0 Å². The average Bonchev–Trinajstić information content (AvgIpc) is 3.03. The molecule has 0 fully saturated rings. The molecular weight excluding hydrogens is 285 g/mol. The summed E-state index contributed by atoms with van der Waals surface area (Å²) in [6.45, 7) is 2.00. The van der Waals surface area contributed by atoms with Crippen molar-refractivity contribution in [2.45, 2.75) is 13.0 Å². The maximum absolute atomic E-state index is 12.9. The fourth-order valence-corrected chi connectivity index (χ4v) is 2.69. The number of anilines is 1. The van der Waals surface area contributed by atoms with E-state index in [0.29, 0.717) is 0 Å². The molecule has 0 aliphatic heterocycles. The summed E-state index contributed by atoms with van der Waals surface area (Å²) >= 11 is 1.62. The molecule has 0 amide bonds. The molecule has 0 aliphatic rings. The molecule has 0 saturated carbocycles. The summed E-state index contributed by atoms with van der Waals surface area (Å²) in [5.74, 6) is -0.321. The number of hydrogen-bond donors (Lipinski definition) is 1. The maximum Gasteiger partial charge on any atom is 0.141 e. The monoisotopic (exact) mass is 299 g/mol. The van der Waals surface area contributed by atoms with Crippen molar-refractivity contribution in [1.29, 1.82) is 0 Å². The SMILES string of the molecule is CC(Nc1ccc(-c2nccs2)cc1)c1ccc(F)cn1. The topological polar surface area (TPSA) is 37.8 Å². The molecule has 3 rings (SSSR count). The van der Waals surface area contributed by atoms with Gasteiger partial charge in [0.1, 0.15) is 10.8 Å². The van der Waals surface area contributed by atoms with Gasteiger partial charge in [0.15, 0.2) is 0 Å². The highest BCUT2D eigenvalue weighted by molar-refractivity contribution is 7.13. The number of pyridine rings is 1. The first-order valence-corrected chi connectivity index (χ1v) is 7.48. The number of thiazole rings is 1. The lowest BCUT2D eigenvalue weighted by Gasteiger charge is -2.14. The highest BCUT2D eigenvalue weighted by Crippen LogP contribution is 2.24. The van der Waals surface area contributed by atoms with Crippen molar-refractivity contribution in [3.05, 3.63) is 65.7 Å². The first-order chi connectivity index (χ1) is 10.2. The van der Waals surface area contributed by atoms with Crippen LogP contribution in [0.25, 0.3) is 10.6 Å². The van der Waals surface area contributed by atoms with E-state index in [1.165, 1.54) is 12.3 Å². The lowest BCUT2D eigenvalue weighted by molar-refractivity contribution is 0.617. The van der Waals surface area contributed by atoms with Gasteiger partial charge in [0.25, 0.3) is 0 Å². The molecule has 1 atom stereocenters. The molecule has 1 unspecified atom stereocenters. The maximum atomic E-state index is 12.9. The minimum atomic E-state index is -0.321. The highest BCUT2D eigenvalue weighted by atomic mass is 32.1. The van der Waals surface area contributed by atoms with Crippen LogP contribution in [0.5, 0.6) is 0 Å². The Kier molecular flexibility index (Phi) is 3.92. The molecule has 106 valence electrons. The van der Waals surface area contributed by atoms with E-state index in [0.717, 1.165) is 22.0 Å². The van der Waals surface area contributed by atoms with Crippen molar-refractivity contribution in [2.24, 2.45) is 0 Å². The van der Waals surface area contributed by atoms with Crippen LogP contribution < -0.4 is 5.32 Å². The second-order valence-electron chi connectivity index (χ2n) is 4.68. The minimum absolute atomic E-state index is 0.0105. The molecule has 21 heavy (non-hydrogen) atoms. The Morgan fingerprint density at radius 2 is 1.90 bits per heavy atom. The highest BCUT2D eigenvalue weighted by Gasteiger charge is 2.07. The molecule has 1 N–H and O–H groups in total. The Hall–Kier alpha value is -2.27. The third kappa shape index (κ3) is 3.25. The zero-order chi connectivity index (χ0) is 14.7. The Morgan fingerprint density at radius 1 is 1.10 bits per heavy atom. The molecule has 2 heterocycles. The Bertz CT molecular complexity index is 693. The van der Waals surface area contributed by atoms with Crippen LogP contribution in [0.3, 0.4) is 0 Å². The standard InChI is InChI=1S/C16H14FN3S/c1-11(15-7-4-13(17)10-19-15)20-14-5-2-12(3-6-14)16-18-8-9-21-16/h2-11,20H,1H3. The summed E-state index contributed by atoms with van der Waals surface area (Å²) in [5, 5.41) is 6.32. The number of benzene rings is 1. The fraction of sp³-hybridized carbons (Fsp3) is 0.125. The second kappa shape index (κ2) is 6.01. The summed E-state index contributed by atoms with van der Waals surface area (Å²) in [7, 11) is 0. The second-order valence-corrected chi connectivity index (χ2v) is 5.58. The molecule has 0 bridgehead atoms. The van der Waals surface area contributed by atoms with Crippen molar-refractivity contribution < 1.29 is 4.39 Å². The van der Waals surface area contributed by atoms with Gasteiger partial charge in [0, 0.05) is 22.8 Å². The third-order valence-corrected chi connectivity index (χ3v) is 3.96. The van der Waals surface area contributed by atoms with Gasteiger partial charge in [-0.1, -0.05) is 0 Å². The molecule has 0 aliphatic carbocycles. The molecule has 3 nitrogen and oxygen atoms in total. The van der Waals surface area contributed by atoms with Crippen LogP contribution in [-0.4, -0.2) is 9.97 Å². The summed E-state index contributed by atoms with van der Waals surface area (Å²) in [4.78, 5) is 8.37. The van der Waals surface area contributed by atoms with Gasteiger partial charge in [-0.25, -0.2) is 9.37 Å². The van der Waals surface area contributed by atoms with Crippen LogP contribution >= 0.6 is 11.3 Å². The van der Waals surface area contributed by atoms with Gasteiger partial charge < -0.3 is 5.32 Å². The number of nitrogens with one attached hydrogen (secondary N) is 1. The molecule has 5 heteroatoms. The van der Waals surface area contributed by atoms with E-state index >= 15 is 0 Å². The van der Waals surface area contributed by atoms with Crippen LogP contribution in [0.2, 0.25) is 0 Å². The van der Waals surface area contributed by atoms with Gasteiger partial charge in [-0.3, -0.25) is 4.98 Å². The molecule has 3 aromatic rings. The Labute approximate surface area is 126 Å². The lowest BCUT2D eigenvalue weighted by Crippen LogP contribution is -2.08. The fourth-order valence-electron chi connectivity index (χ4n) is 2.04. The molecule has 0 radical (unpaired) electrons. The number of hydrogen-bond acceptors (Lipinski definition) is 4. The largest absolute Gasteiger partial charge is 0.377 e. The molecule has 1 aromatic carbocycles. The smallest absolute Gasteiger partial charge is 0.141 e. The molecule has 2 aromatic heterocycles. The van der Waals surface area contributed by atoms with E-state index in [4.69, 9.17) is 0 Å². The van der Waals surface area contributed by atoms with E-state index in [1.54, 1.807) is 23.6 Å². The summed E-state index contributed by atoms with van der Waals surface area (Å²) in [6, 6.07) is 11.2. The van der Waals surface area contributed by atoms with E-state index in [-0.39, 0.29) is 11.9 Å². The van der Waals surface area contributed by atoms with Gasteiger partial charge in [-0.05, 0) is 43.3 Å². The Morgan fingerprint density at radius 3 is 2.52 bits per heavy atom. The first-order valence-electron chi connectivity index (χ1n) is 6.60. The summed E-state index contributed by atoms with van der Waals surface area (Å²) < 4.78 is 12.9. The number of aromatic nitrogens is 2. The summed E-state index contributed by atoms with van der Waals surface area (Å²) in [5.41, 5.74) is 2.90. The van der Waals surface area contributed by atoms with Gasteiger partial charge in [-0.2, -0.15) is 0 Å². The number of halogens is 1. The van der Waals surface area contributed by atoms with Crippen LogP contribution in [-0.2, 0) is 0 Å². The van der Waals surface area contributed by atoms with Crippen molar-refractivity contribution >= 4 is 17.0 Å². The van der Waals surface area contributed by atoms with E-state index in [2.05, 4.69) is 15.3 Å². The van der Waals surface area contributed by atoms with E-state index < -0.39 is 0 Å². The lowest BCUT2D eigenvalue weighted by atomic mass is 10.1. The van der Waals surface area contributed by atoms with Gasteiger partial charge in [-0.15, -0.1) is 11.3 Å². The minimum Gasteiger partial charge on any atom is -0.377 e. The summed E-state index contributed by atoms with van der Waals surface area (Å²) in [6.07, 6.45) is 3.04. The number of nitrogens with zero attached hydrogens (tertiary/aromatic N) is 2. The zero-order valence-electron chi connectivity index (χ0n) is 11.5. The Balaban J connectivity index is 1.71. The predicted octanol–water partition coefficient (Wildman–Crippen LogP) is 4.52. The van der Waals surface area contributed by atoms with E-state index in [1.807, 2.05) is 36.6 Å². The zero-order valence-corrected chi connectivity index (χ0v) is 12.3. The van der Waals surface area contributed by atoms with Gasteiger partial charge in [0.05, 0.1) is 17.9 Å².